The molecule has 1 atom stereocenters. The molecule has 0 N–H and O–H groups in total. The van der Waals surface area contributed by atoms with Crippen molar-refractivity contribution in [1.82, 2.24) is 0 Å². The Morgan fingerprint density at radius 2 is 2.00 bits per heavy atom. The van der Waals surface area contributed by atoms with Gasteiger partial charge in [0.15, 0.2) is 0 Å². The van der Waals surface area contributed by atoms with E-state index in [1.807, 2.05) is 30.3 Å². The Balaban J connectivity index is 1.77. The van der Waals surface area contributed by atoms with Gasteiger partial charge in [-0.2, -0.15) is 0 Å². The number of para-hydroxylation sites is 1. The normalized spacial score (nSPS) is 17.2. The molecule has 1 aliphatic heterocycles. The highest BCUT2D eigenvalue weighted by atomic mass is 19.1. The summed E-state index contributed by atoms with van der Waals surface area (Å²) in [7, 11) is 0. The Kier molecular flexibility index (Phi) is 5.03. The third-order valence-corrected chi connectivity index (χ3v) is 4.02. The van der Waals surface area contributed by atoms with E-state index in [4.69, 9.17) is 4.74 Å². The first kappa shape index (κ1) is 15.7. The second-order valence-corrected chi connectivity index (χ2v) is 5.78. The third kappa shape index (κ3) is 4.17. The van der Waals surface area contributed by atoms with E-state index in [0.717, 1.165) is 25.1 Å². The van der Waals surface area contributed by atoms with Crippen LogP contribution in [0.1, 0.15) is 18.4 Å². The fourth-order valence-electron chi connectivity index (χ4n) is 2.87. The lowest BCUT2D eigenvalue weighted by Crippen LogP contribution is -2.38. The van der Waals surface area contributed by atoms with E-state index in [2.05, 4.69) is 0 Å². The molecular formula is C19H20FNO2. The molecular weight excluding hydrogens is 293 g/mol. The molecule has 0 aliphatic carbocycles. The van der Waals surface area contributed by atoms with Gasteiger partial charge in [-0.15, -0.1) is 0 Å². The molecule has 1 heterocycles. The average Bonchev–Trinajstić information content (AvgIpc) is 3.06. The molecule has 23 heavy (non-hydrogen) atoms. The minimum atomic E-state index is -0.319. The molecule has 4 heteroatoms. The summed E-state index contributed by atoms with van der Waals surface area (Å²) in [4.78, 5) is 14.5. The summed E-state index contributed by atoms with van der Waals surface area (Å²) >= 11 is 0. The number of amides is 1. The summed E-state index contributed by atoms with van der Waals surface area (Å²) in [6.07, 6.45) is 2.26. The minimum Gasteiger partial charge on any atom is -0.376 e. The van der Waals surface area contributed by atoms with Crippen LogP contribution in [0.2, 0.25) is 0 Å². The van der Waals surface area contributed by atoms with Gasteiger partial charge in [0.1, 0.15) is 5.82 Å². The third-order valence-electron chi connectivity index (χ3n) is 4.02. The SMILES string of the molecule is O=C(Cc1cccc(F)c1)N(CC1CCCO1)c1ccccc1. The molecule has 1 fully saturated rings. The van der Waals surface area contributed by atoms with Crippen molar-refractivity contribution in [1.29, 1.82) is 0 Å². The van der Waals surface area contributed by atoms with Gasteiger partial charge in [0.25, 0.3) is 0 Å². The topological polar surface area (TPSA) is 29.5 Å². The maximum Gasteiger partial charge on any atom is 0.231 e. The van der Waals surface area contributed by atoms with Crippen molar-refractivity contribution in [2.45, 2.75) is 25.4 Å². The van der Waals surface area contributed by atoms with Gasteiger partial charge in [0.05, 0.1) is 19.1 Å². The van der Waals surface area contributed by atoms with Crippen LogP contribution in [0.3, 0.4) is 0 Å². The lowest BCUT2D eigenvalue weighted by atomic mass is 10.1. The molecule has 1 amide bonds. The first-order valence-corrected chi connectivity index (χ1v) is 7.94. The Morgan fingerprint density at radius 1 is 1.17 bits per heavy atom. The quantitative estimate of drug-likeness (QED) is 0.844. The summed E-state index contributed by atoms with van der Waals surface area (Å²) in [6.45, 7) is 1.30. The summed E-state index contributed by atoms with van der Waals surface area (Å²) in [5, 5.41) is 0. The van der Waals surface area contributed by atoms with Crippen molar-refractivity contribution in [3.63, 3.8) is 0 Å². The fourth-order valence-corrected chi connectivity index (χ4v) is 2.87. The maximum atomic E-state index is 13.3. The van der Waals surface area contributed by atoms with Crippen LogP contribution in [-0.4, -0.2) is 25.2 Å². The second-order valence-electron chi connectivity index (χ2n) is 5.78. The summed E-state index contributed by atoms with van der Waals surface area (Å²) in [5.74, 6) is -0.363. The van der Waals surface area contributed by atoms with Crippen LogP contribution in [-0.2, 0) is 16.0 Å². The van der Waals surface area contributed by atoms with Crippen molar-refractivity contribution in [3.8, 4) is 0 Å². The van der Waals surface area contributed by atoms with Crippen molar-refractivity contribution in [3.05, 3.63) is 66.0 Å². The van der Waals surface area contributed by atoms with Gasteiger partial charge in [-0.25, -0.2) is 4.39 Å². The van der Waals surface area contributed by atoms with Crippen molar-refractivity contribution < 1.29 is 13.9 Å². The van der Waals surface area contributed by atoms with Gasteiger partial charge < -0.3 is 9.64 Å². The monoisotopic (exact) mass is 313 g/mol. The smallest absolute Gasteiger partial charge is 0.231 e. The Hall–Kier alpha value is -2.20. The van der Waals surface area contributed by atoms with Crippen LogP contribution in [0.5, 0.6) is 0 Å². The number of carbonyl (C=O) groups is 1. The van der Waals surface area contributed by atoms with E-state index in [0.29, 0.717) is 12.1 Å². The van der Waals surface area contributed by atoms with Gasteiger partial charge in [0, 0.05) is 12.3 Å². The van der Waals surface area contributed by atoms with Crippen LogP contribution in [0.4, 0.5) is 10.1 Å². The van der Waals surface area contributed by atoms with E-state index >= 15 is 0 Å². The number of rotatable bonds is 5. The molecule has 0 bridgehead atoms. The highest BCUT2D eigenvalue weighted by Gasteiger charge is 2.23. The number of anilines is 1. The standard InChI is InChI=1S/C19H20FNO2/c20-16-7-4-6-15(12-16)13-19(22)21(14-18-10-5-11-23-18)17-8-2-1-3-9-17/h1-4,6-9,12,18H,5,10-11,13-14H2. The number of nitrogens with zero attached hydrogens (tertiary/aromatic N) is 1. The zero-order valence-electron chi connectivity index (χ0n) is 13.0. The molecule has 3 nitrogen and oxygen atoms in total. The molecule has 2 aromatic carbocycles. The lowest BCUT2D eigenvalue weighted by Gasteiger charge is -2.25. The molecule has 0 radical (unpaired) electrons. The molecule has 1 unspecified atom stereocenters. The molecule has 120 valence electrons. The van der Waals surface area contributed by atoms with Gasteiger partial charge in [-0.3, -0.25) is 4.79 Å². The Morgan fingerprint density at radius 3 is 2.70 bits per heavy atom. The van der Waals surface area contributed by atoms with Crippen molar-refractivity contribution in [2.75, 3.05) is 18.1 Å². The van der Waals surface area contributed by atoms with Crippen LogP contribution >= 0.6 is 0 Å². The van der Waals surface area contributed by atoms with Crippen molar-refractivity contribution >= 4 is 11.6 Å². The molecule has 0 aromatic heterocycles. The fraction of sp³-hybridized carbons (Fsp3) is 0.316. The zero-order chi connectivity index (χ0) is 16.1. The van der Waals surface area contributed by atoms with Gasteiger partial charge in [-0.05, 0) is 42.7 Å². The molecule has 3 rings (SSSR count). The molecule has 0 saturated carbocycles. The maximum absolute atomic E-state index is 13.3. The lowest BCUT2D eigenvalue weighted by molar-refractivity contribution is -0.118. The van der Waals surface area contributed by atoms with E-state index in [1.165, 1.54) is 12.1 Å². The number of benzene rings is 2. The van der Waals surface area contributed by atoms with E-state index < -0.39 is 0 Å². The van der Waals surface area contributed by atoms with E-state index in [1.54, 1.807) is 17.0 Å². The van der Waals surface area contributed by atoms with Crippen LogP contribution in [0, 0.1) is 5.82 Å². The molecule has 1 aliphatic rings. The number of hydrogen-bond donors (Lipinski definition) is 0. The number of ether oxygens (including phenoxy) is 1. The highest BCUT2D eigenvalue weighted by Crippen LogP contribution is 2.20. The van der Waals surface area contributed by atoms with E-state index in [-0.39, 0.29) is 24.2 Å². The largest absolute Gasteiger partial charge is 0.376 e. The molecule has 0 spiro atoms. The highest BCUT2D eigenvalue weighted by molar-refractivity contribution is 5.94. The van der Waals surface area contributed by atoms with Crippen LogP contribution < -0.4 is 4.90 Å². The summed E-state index contributed by atoms with van der Waals surface area (Å²) in [6, 6.07) is 15.8. The van der Waals surface area contributed by atoms with Gasteiger partial charge >= 0.3 is 0 Å². The zero-order valence-corrected chi connectivity index (χ0v) is 13.0. The summed E-state index contributed by atoms with van der Waals surface area (Å²) in [5.41, 5.74) is 1.53. The Bertz CT molecular complexity index is 653. The predicted molar refractivity (Wildman–Crippen MR) is 87.9 cm³/mol. The predicted octanol–water partition coefficient (Wildman–Crippen LogP) is 3.58. The number of halogens is 1. The van der Waals surface area contributed by atoms with Gasteiger partial charge in [-0.1, -0.05) is 30.3 Å². The Labute approximate surface area is 135 Å². The molecule has 1 saturated heterocycles. The van der Waals surface area contributed by atoms with Gasteiger partial charge in [0.2, 0.25) is 5.91 Å². The van der Waals surface area contributed by atoms with Crippen LogP contribution in [0.15, 0.2) is 54.6 Å². The summed E-state index contributed by atoms with van der Waals surface area (Å²) < 4.78 is 19.0. The number of hydrogen-bond acceptors (Lipinski definition) is 2. The first-order chi connectivity index (χ1) is 11.2. The van der Waals surface area contributed by atoms with E-state index in [9.17, 15) is 9.18 Å². The number of carbonyl (C=O) groups excluding carboxylic acids is 1. The average molecular weight is 313 g/mol. The molecule has 2 aromatic rings. The van der Waals surface area contributed by atoms with Crippen LogP contribution in [0.25, 0.3) is 0 Å². The second kappa shape index (κ2) is 7.38. The minimum absolute atomic E-state index is 0.0442. The van der Waals surface area contributed by atoms with Crippen molar-refractivity contribution in [2.24, 2.45) is 0 Å². The first-order valence-electron chi connectivity index (χ1n) is 7.94.